The summed E-state index contributed by atoms with van der Waals surface area (Å²) in [5, 5.41) is 0. The summed E-state index contributed by atoms with van der Waals surface area (Å²) in [5.74, 6) is 1.46. The molecular weight excluding hydrogens is 320 g/mol. The van der Waals surface area contributed by atoms with E-state index in [1.165, 1.54) is 0 Å². The van der Waals surface area contributed by atoms with Crippen molar-refractivity contribution in [2.75, 3.05) is 6.79 Å². The van der Waals surface area contributed by atoms with E-state index in [-0.39, 0.29) is 17.3 Å². The van der Waals surface area contributed by atoms with Crippen molar-refractivity contribution in [2.45, 2.75) is 30.4 Å². The van der Waals surface area contributed by atoms with Crippen molar-refractivity contribution in [1.82, 2.24) is 0 Å². The van der Waals surface area contributed by atoms with Crippen LogP contribution < -0.4 is 9.47 Å². The number of thioether (sulfide) groups is 1. The van der Waals surface area contributed by atoms with E-state index in [4.69, 9.17) is 9.47 Å². The highest BCUT2D eigenvalue weighted by Crippen LogP contribution is 2.35. The predicted molar refractivity (Wildman–Crippen MR) is 98.0 cm³/mol. The Kier molecular flexibility index (Phi) is 4.67. The predicted octanol–water partition coefficient (Wildman–Crippen LogP) is 5.20. The largest absolute Gasteiger partial charge is 0.454 e. The lowest BCUT2D eigenvalue weighted by Gasteiger charge is -2.19. The zero-order valence-corrected chi connectivity index (χ0v) is 14.9. The molecule has 4 heteroatoms. The average molecular weight is 340 g/mol. The van der Waals surface area contributed by atoms with E-state index in [2.05, 4.69) is 20.8 Å². The van der Waals surface area contributed by atoms with Crippen LogP contribution in [0.1, 0.15) is 36.7 Å². The van der Waals surface area contributed by atoms with Crippen LogP contribution in [0.25, 0.3) is 6.08 Å². The highest BCUT2D eigenvalue weighted by molar-refractivity contribution is 8.00. The maximum Gasteiger partial charge on any atom is 0.231 e. The highest BCUT2D eigenvalue weighted by Gasteiger charge is 2.17. The Balaban J connectivity index is 1.80. The Morgan fingerprint density at radius 1 is 1.08 bits per heavy atom. The molecule has 0 radical (unpaired) electrons. The first-order chi connectivity index (χ1) is 11.4. The third-order valence-corrected chi connectivity index (χ3v) is 4.58. The summed E-state index contributed by atoms with van der Waals surface area (Å²) in [6.07, 6.45) is 3.42. The number of carbonyl (C=O) groups excluding carboxylic acids is 1. The molecule has 0 saturated carbocycles. The molecule has 2 aromatic carbocycles. The van der Waals surface area contributed by atoms with Gasteiger partial charge < -0.3 is 9.47 Å². The molecule has 1 aliphatic rings. The van der Waals surface area contributed by atoms with Crippen LogP contribution in [0.4, 0.5) is 0 Å². The first-order valence-electron chi connectivity index (χ1n) is 7.82. The molecule has 3 nitrogen and oxygen atoms in total. The Bertz CT molecular complexity index is 788. The third kappa shape index (κ3) is 4.01. The Morgan fingerprint density at radius 2 is 1.83 bits per heavy atom. The van der Waals surface area contributed by atoms with E-state index in [0.717, 1.165) is 21.8 Å². The number of fused-ring (bicyclic) bond motifs is 1. The number of ether oxygens (including phenoxy) is 2. The maximum atomic E-state index is 12.6. The summed E-state index contributed by atoms with van der Waals surface area (Å²) < 4.78 is 10.7. The van der Waals surface area contributed by atoms with Gasteiger partial charge in [0.05, 0.1) is 0 Å². The molecule has 0 bridgehead atoms. The van der Waals surface area contributed by atoms with Gasteiger partial charge in [0, 0.05) is 15.2 Å². The number of hydrogen-bond donors (Lipinski definition) is 0. The van der Waals surface area contributed by atoms with Crippen molar-refractivity contribution < 1.29 is 14.3 Å². The van der Waals surface area contributed by atoms with Gasteiger partial charge in [-0.05, 0) is 35.9 Å². The minimum Gasteiger partial charge on any atom is -0.454 e. The van der Waals surface area contributed by atoms with Crippen LogP contribution in [0.5, 0.6) is 11.5 Å². The van der Waals surface area contributed by atoms with Gasteiger partial charge in [0.25, 0.3) is 0 Å². The van der Waals surface area contributed by atoms with Crippen molar-refractivity contribution in [3.05, 3.63) is 59.7 Å². The standard InChI is InChI=1S/C20H20O3S/c1-20(2,3)24-19-7-5-4-6-15(19)16(21)10-8-14-9-11-17-18(12-14)23-13-22-17/h4-12H,13H2,1-3H3/b10-8+. The van der Waals surface area contributed by atoms with Crippen LogP contribution in [0.15, 0.2) is 53.4 Å². The van der Waals surface area contributed by atoms with Crippen LogP contribution in [0.3, 0.4) is 0 Å². The van der Waals surface area contributed by atoms with Gasteiger partial charge in [0.2, 0.25) is 6.79 Å². The van der Waals surface area contributed by atoms with Gasteiger partial charge in [-0.25, -0.2) is 0 Å². The minimum atomic E-state index is 0.0000156. The molecule has 1 heterocycles. The van der Waals surface area contributed by atoms with E-state index in [1.54, 1.807) is 17.8 Å². The summed E-state index contributed by atoms with van der Waals surface area (Å²) in [6, 6.07) is 13.4. The summed E-state index contributed by atoms with van der Waals surface area (Å²) in [6.45, 7) is 6.67. The third-order valence-electron chi connectivity index (χ3n) is 3.39. The first kappa shape index (κ1) is 16.7. The van der Waals surface area contributed by atoms with Crippen molar-refractivity contribution in [2.24, 2.45) is 0 Å². The molecular formula is C20H20O3S. The van der Waals surface area contributed by atoms with Gasteiger partial charge in [-0.1, -0.05) is 45.0 Å². The quantitative estimate of drug-likeness (QED) is 0.435. The van der Waals surface area contributed by atoms with Crippen LogP contribution >= 0.6 is 11.8 Å². The lowest BCUT2D eigenvalue weighted by molar-refractivity contribution is 0.104. The van der Waals surface area contributed by atoms with Crippen LogP contribution in [0, 0.1) is 0 Å². The molecule has 24 heavy (non-hydrogen) atoms. The van der Waals surface area contributed by atoms with Gasteiger partial charge in [0.1, 0.15) is 0 Å². The number of rotatable bonds is 4. The fourth-order valence-corrected chi connectivity index (χ4v) is 3.45. The van der Waals surface area contributed by atoms with Crippen LogP contribution in [-0.4, -0.2) is 17.3 Å². The summed E-state index contributed by atoms with van der Waals surface area (Å²) >= 11 is 1.70. The molecule has 0 saturated heterocycles. The number of carbonyl (C=O) groups is 1. The number of allylic oxidation sites excluding steroid dienone is 1. The van der Waals surface area contributed by atoms with Crippen LogP contribution in [0.2, 0.25) is 0 Å². The number of benzene rings is 2. The second-order valence-electron chi connectivity index (χ2n) is 6.52. The van der Waals surface area contributed by atoms with E-state index in [0.29, 0.717) is 5.75 Å². The Morgan fingerprint density at radius 3 is 2.62 bits per heavy atom. The number of ketones is 1. The van der Waals surface area contributed by atoms with Gasteiger partial charge >= 0.3 is 0 Å². The summed E-state index contributed by atoms with van der Waals surface area (Å²) in [5.41, 5.74) is 1.64. The fourth-order valence-electron chi connectivity index (χ4n) is 2.37. The molecule has 0 atom stereocenters. The van der Waals surface area contributed by atoms with Crippen molar-refractivity contribution in [3.8, 4) is 11.5 Å². The topological polar surface area (TPSA) is 35.5 Å². The Hall–Kier alpha value is -2.20. The SMILES string of the molecule is CC(C)(C)Sc1ccccc1C(=O)/C=C/c1ccc2c(c1)OCO2. The molecule has 2 aromatic rings. The zero-order valence-electron chi connectivity index (χ0n) is 14.0. The smallest absolute Gasteiger partial charge is 0.231 e. The van der Waals surface area contributed by atoms with Crippen LogP contribution in [-0.2, 0) is 0 Å². The molecule has 0 fully saturated rings. The molecule has 0 amide bonds. The van der Waals surface area contributed by atoms with Gasteiger partial charge in [0.15, 0.2) is 17.3 Å². The first-order valence-corrected chi connectivity index (χ1v) is 8.64. The lowest BCUT2D eigenvalue weighted by atomic mass is 10.1. The maximum absolute atomic E-state index is 12.6. The number of hydrogen-bond acceptors (Lipinski definition) is 4. The minimum absolute atomic E-state index is 0.0000156. The van der Waals surface area contributed by atoms with Crippen molar-refractivity contribution in [1.29, 1.82) is 0 Å². The van der Waals surface area contributed by atoms with E-state index < -0.39 is 0 Å². The molecule has 0 N–H and O–H groups in total. The molecule has 0 spiro atoms. The second kappa shape index (κ2) is 6.73. The molecule has 0 aliphatic carbocycles. The molecule has 124 valence electrons. The van der Waals surface area contributed by atoms with E-state index in [9.17, 15) is 4.79 Å². The Labute approximate surface area is 146 Å². The molecule has 3 rings (SSSR count). The molecule has 0 unspecified atom stereocenters. The van der Waals surface area contributed by atoms with Gasteiger partial charge in [-0.15, -0.1) is 11.8 Å². The monoisotopic (exact) mass is 340 g/mol. The van der Waals surface area contributed by atoms with Gasteiger partial charge in [-0.2, -0.15) is 0 Å². The van der Waals surface area contributed by atoms with Gasteiger partial charge in [-0.3, -0.25) is 4.79 Å². The van der Waals surface area contributed by atoms with E-state index in [1.807, 2.05) is 48.5 Å². The average Bonchev–Trinajstić information content (AvgIpc) is 2.99. The normalized spacial score (nSPS) is 13.5. The second-order valence-corrected chi connectivity index (χ2v) is 8.39. The van der Waals surface area contributed by atoms with Crippen molar-refractivity contribution >= 4 is 23.6 Å². The summed E-state index contributed by atoms with van der Waals surface area (Å²) in [4.78, 5) is 13.6. The zero-order chi connectivity index (χ0) is 17.2. The highest BCUT2D eigenvalue weighted by atomic mass is 32.2. The molecule has 0 aromatic heterocycles. The van der Waals surface area contributed by atoms with Crippen molar-refractivity contribution in [3.63, 3.8) is 0 Å². The lowest BCUT2D eigenvalue weighted by Crippen LogP contribution is -2.08. The summed E-state index contributed by atoms with van der Waals surface area (Å²) in [7, 11) is 0. The molecule has 1 aliphatic heterocycles. The van der Waals surface area contributed by atoms with E-state index >= 15 is 0 Å². The fraction of sp³-hybridized carbons (Fsp3) is 0.250.